The summed E-state index contributed by atoms with van der Waals surface area (Å²) < 4.78 is 13.2. The molecule has 0 radical (unpaired) electrons. The lowest BCUT2D eigenvalue weighted by Crippen LogP contribution is -2.35. The van der Waals surface area contributed by atoms with Gasteiger partial charge in [-0.05, 0) is 37.0 Å². The Morgan fingerprint density at radius 3 is 2.67 bits per heavy atom. The average molecular weight is 295 g/mol. The maximum atomic E-state index is 13.2. The third kappa shape index (κ3) is 3.93. The number of benzene rings is 1. The van der Waals surface area contributed by atoms with Crippen LogP contribution >= 0.6 is 0 Å². The molecule has 0 spiro atoms. The van der Waals surface area contributed by atoms with Gasteiger partial charge in [0.2, 0.25) is 5.91 Å². The Hall–Kier alpha value is -2.11. The highest BCUT2D eigenvalue weighted by atomic mass is 19.1. The summed E-state index contributed by atoms with van der Waals surface area (Å²) in [5.74, 6) is -2.98. The first-order valence-electron chi connectivity index (χ1n) is 6.95. The Labute approximate surface area is 121 Å². The molecule has 2 rings (SSSR count). The van der Waals surface area contributed by atoms with E-state index in [1.54, 1.807) is 0 Å². The summed E-state index contributed by atoms with van der Waals surface area (Å²) in [6, 6.07) is 3.92. The molecule has 1 saturated carbocycles. The summed E-state index contributed by atoms with van der Waals surface area (Å²) in [5.41, 5.74) is 0.546. The van der Waals surface area contributed by atoms with Gasteiger partial charge in [0.05, 0.1) is 5.92 Å². The van der Waals surface area contributed by atoms with Gasteiger partial charge in [-0.15, -0.1) is 0 Å². The minimum absolute atomic E-state index is 0.157. The van der Waals surface area contributed by atoms with Crippen molar-refractivity contribution in [2.45, 2.75) is 32.2 Å². The first kappa shape index (κ1) is 15.3. The molecule has 21 heavy (non-hydrogen) atoms. The lowest BCUT2D eigenvalue weighted by Gasteiger charge is -2.25. The molecule has 5 nitrogen and oxygen atoms in total. The van der Waals surface area contributed by atoms with Crippen molar-refractivity contribution in [1.82, 2.24) is 5.32 Å². The van der Waals surface area contributed by atoms with Gasteiger partial charge in [0.25, 0.3) is 0 Å². The smallest absolute Gasteiger partial charge is 0.306 e. The van der Waals surface area contributed by atoms with Crippen LogP contribution in [0.4, 0.5) is 4.39 Å². The predicted molar refractivity (Wildman–Crippen MR) is 73.0 cm³/mol. The fraction of sp³-hybridized carbons (Fsp3) is 0.467. The van der Waals surface area contributed by atoms with Crippen LogP contribution in [0.25, 0.3) is 0 Å². The van der Waals surface area contributed by atoms with Gasteiger partial charge < -0.3 is 15.5 Å². The zero-order chi connectivity index (χ0) is 15.4. The molecule has 1 aliphatic carbocycles. The topological polar surface area (TPSA) is 86.6 Å². The van der Waals surface area contributed by atoms with Crippen LogP contribution in [-0.2, 0) is 16.1 Å². The standard InChI is InChI=1S/C15H18FNO4/c16-12-6-9(4-5-13(12)18)8-17-14(19)10-2-1-3-11(7-10)15(20)21/h4-6,10-11,18H,1-3,7-8H2,(H,17,19)(H,20,21). The van der Waals surface area contributed by atoms with Gasteiger partial charge in [-0.3, -0.25) is 9.59 Å². The van der Waals surface area contributed by atoms with Crippen LogP contribution in [0, 0.1) is 17.7 Å². The molecule has 0 aromatic heterocycles. The lowest BCUT2D eigenvalue weighted by molar-refractivity contribution is -0.144. The largest absolute Gasteiger partial charge is 0.505 e. The number of carboxylic acid groups (broad SMARTS) is 1. The Balaban J connectivity index is 1.89. The number of aliphatic carboxylic acids is 1. The zero-order valence-electron chi connectivity index (χ0n) is 11.5. The summed E-state index contributed by atoms with van der Waals surface area (Å²) in [6.07, 6.45) is 2.37. The number of nitrogens with one attached hydrogen (secondary N) is 1. The van der Waals surface area contributed by atoms with Crippen molar-refractivity contribution in [2.75, 3.05) is 0 Å². The molecule has 0 saturated heterocycles. The number of rotatable bonds is 4. The summed E-state index contributed by atoms with van der Waals surface area (Å²) in [7, 11) is 0. The molecule has 1 aromatic carbocycles. The van der Waals surface area contributed by atoms with Gasteiger partial charge in [0, 0.05) is 12.5 Å². The van der Waals surface area contributed by atoms with E-state index in [4.69, 9.17) is 10.2 Å². The van der Waals surface area contributed by atoms with E-state index < -0.39 is 23.5 Å². The van der Waals surface area contributed by atoms with E-state index in [1.165, 1.54) is 12.1 Å². The number of carbonyl (C=O) groups excluding carboxylic acids is 1. The van der Waals surface area contributed by atoms with Crippen LogP contribution in [0.15, 0.2) is 18.2 Å². The molecule has 6 heteroatoms. The molecule has 0 heterocycles. The van der Waals surface area contributed by atoms with E-state index in [-0.39, 0.29) is 18.4 Å². The number of phenols is 1. The van der Waals surface area contributed by atoms with Crippen LogP contribution in [0.2, 0.25) is 0 Å². The molecule has 0 bridgehead atoms. The number of phenolic OH excluding ortho intramolecular Hbond substituents is 1. The molecular weight excluding hydrogens is 277 g/mol. The zero-order valence-corrected chi connectivity index (χ0v) is 11.5. The number of carbonyl (C=O) groups is 2. The van der Waals surface area contributed by atoms with E-state index >= 15 is 0 Å². The van der Waals surface area contributed by atoms with Gasteiger partial charge in [-0.2, -0.15) is 0 Å². The summed E-state index contributed by atoms with van der Waals surface area (Å²) in [5, 5.41) is 20.8. The summed E-state index contributed by atoms with van der Waals surface area (Å²) >= 11 is 0. The highest BCUT2D eigenvalue weighted by molar-refractivity contribution is 5.80. The fourth-order valence-electron chi connectivity index (χ4n) is 2.65. The third-order valence-electron chi connectivity index (χ3n) is 3.87. The van der Waals surface area contributed by atoms with Crippen molar-refractivity contribution >= 4 is 11.9 Å². The van der Waals surface area contributed by atoms with Gasteiger partial charge >= 0.3 is 5.97 Å². The van der Waals surface area contributed by atoms with Crippen molar-refractivity contribution in [2.24, 2.45) is 11.8 Å². The first-order chi connectivity index (χ1) is 9.97. The highest BCUT2D eigenvalue weighted by Gasteiger charge is 2.30. The molecule has 2 unspecified atom stereocenters. The number of hydrogen-bond acceptors (Lipinski definition) is 3. The second-order valence-electron chi connectivity index (χ2n) is 5.40. The van der Waals surface area contributed by atoms with Crippen molar-refractivity contribution < 1.29 is 24.2 Å². The van der Waals surface area contributed by atoms with Gasteiger partial charge in [-0.25, -0.2) is 4.39 Å². The van der Waals surface area contributed by atoms with Crippen LogP contribution < -0.4 is 5.32 Å². The third-order valence-corrected chi connectivity index (χ3v) is 3.87. The van der Waals surface area contributed by atoms with Crippen molar-refractivity contribution in [3.8, 4) is 5.75 Å². The van der Waals surface area contributed by atoms with E-state index in [9.17, 15) is 14.0 Å². The van der Waals surface area contributed by atoms with Gasteiger partial charge in [0.15, 0.2) is 11.6 Å². The molecule has 2 atom stereocenters. The molecule has 1 aliphatic rings. The number of carboxylic acids is 1. The second-order valence-corrected chi connectivity index (χ2v) is 5.40. The maximum absolute atomic E-state index is 13.2. The predicted octanol–water partition coefficient (Wildman–Crippen LogP) is 2.04. The molecule has 0 aliphatic heterocycles. The van der Waals surface area contributed by atoms with Crippen LogP contribution in [0.1, 0.15) is 31.2 Å². The maximum Gasteiger partial charge on any atom is 0.306 e. The SMILES string of the molecule is O=C(O)C1CCCC(C(=O)NCc2ccc(O)c(F)c2)C1. The minimum Gasteiger partial charge on any atom is -0.505 e. The van der Waals surface area contributed by atoms with Crippen molar-refractivity contribution in [3.05, 3.63) is 29.6 Å². The normalized spacial score (nSPS) is 21.8. The fourth-order valence-corrected chi connectivity index (χ4v) is 2.65. The summed E-state index contributed by atoms with van der Waals surface area (Å²) in [4.78, 5) is 23.0. The molecular formula is C15H18FNO4. The molecule has 3 N–H and O–H groups in total. The second kappa shape index (κ2) is 6.56. The van der Waals surface area contributed by atoms with E-state index in [2.05, 4.69) is 5.32 Å². The van der Waals surface area contributed by atoms with Crippen molar-refractivity contribution in [3.63, 3.8) is 0 Å². The lowest BCUT2D eigenvalue weighted by atomic mass is 9.81. The van der Waals surface area contributed by atoms with E-state index in [0.29, 0.717) is 24.8 Å². The highest BCUT2D eigenvalue weighted by Crippen LogP contribution is 2.29. The molecule has 1 aromatic rings. The summed E-state index contributed by atoms with van der Waals surface area (Å²) in [6.45, 7) is 0.157. The van der Waals surface area contributed by atoms with E-state index in [0.717, 1.165) is 12.5 Å². The molecule has 114 valence electrons. The van der Waals surface area contributed by atoms with Crippen molar-refractivity contribution in [1.29, 1.82) is 0 Å². The minimum atomic E-state index is -0.854. The van der Waals surface area contributed by atoms with Crippen LogP contribution in [0.5, 0.6) is 5.75 Å². The Kier molecular flexibility index (Phi) is 4.77. The van der Waals surface area contributed by atoms with Gasteiger partial charge in [0.1, 0.15) is 0 Å². The Bertz CT molecular complexity index is 546. The van der Waals surface area contributed by atoms with Crippen LogP contribution in [-0.4, -0.2) is 22.1 Å². The quantitative estimate of drug-likeness (QED) is 0.793. The molecule has 1 fully saturated rings. The number of aromatic hydroxyl groups is 1. The average Bonchev–Trinajstić information content (AvgIpc) is 2.48. The Morgan fingerprint density at radius 2 is 2.00 bits per heavy atom. The number of halogens is 1. The number of amides is 1. The monoisotopic (exact) mass is 295 g/mol. The van der Waals surface area contributed by atoms with Crippen LogP contribution in [0.3, 0.4) is 0 Å². The van der Waals surface area contributed by atoms with E-state index in [1.807, 2.05) is 0 Å². The Morgan fingerprint density at radius 1 is 1.29 bits per heavy atom. The number of hydrogen-bond donors (Lipinski definition) is 3. The molecule has 1 amide bonds. The first-order valence-corrected chi connectivity index (χ1v) is 6.95. The van der Waals surface area contributed by atoms with Gasteiger partial charge in [-0.1, -0.05) is 12.5 Å².